The number of nitrogens with zero attached hydrogens (tertiary/aromatic N) is 2. The maximum absolute atomic E-state index is 12.8. The molecule has 3 aromatic rings. The van der Waals surface area contributed by atoms with Gasteiger partial charge in [-0.3, -0.25) is 9.78 Å². The fourth-order valence-corrected chi connectivity index (χ4v) is 4.15. The summed E-state index contributed by atoms with van der Waals surface area (Å²) in [6.45, 7) is 4.22. The van der Waals surface area contributed by atoms with Crippen molar-refractivity contribution in [1.82, 2.24) is 20.2 Å². The first-order valence-corrected chi connectivity index (χ1v) is 9.93. The molecule has 148 valence electrons. The van der Waals surface area contributed by atoms with E-state index in [0.29, 0.717) is 5.11 Å². The molecule has 1 aromatic carbocycles. The van der Waals surface area contributed by atoms with Crippen LogP contribution in [0.15, 0.2) is 60.8 Å². The molecular formula is C22H23N5OS. The van der Waals surface area contributed by atoms with E-state index < -0.39 is 0 Å². The van der Waals surface area contributed by atoms with Crippen LogP contribution in [0.4, 0.5) is 5.69 Å². The molecule has 29 heavy (non-hydrogen) atoms. The van der Waals surface area contributed by atoms with E-state index in [1.165, 1.54) is 0 Å². The molecule has 4 rings (SSSR count). The number of hydrogen-bond donors (Lipinski definition) is 3. The van der Waals surface area contributed by atoms with Crippen molar-refractivity contribution in [1.29, 1.82) is 0 Å². The van der Waals surface area contributed by atoms with Crippen molar-refractivity contribution in [3.05, 3.63) is 83.4 Å². The molecule has 1 fully saturated rings. The van der Waals surface area contributed by atoms with Crippen molar-refractivity contribution in [2.24, 2.45) is 0 Å². The first-order valence-electron chi connectivity index (χ1n) is 9.52. The molecule has 3 heterocycles. The van der Waals surface area contributed by atoms with Gasteiger partial charge in [-0.2, -0.15) is 0 Å². The maximum Gasteiger partial charge on any atom is 0.244 e. The Morgan fingerprint density at radius 3 is 2.59 bits per heavy atom. The highest BCUT2D eigenvalue weighted by Crippen LogP contribution is 2.39. The molecule has 0 aliphatic carbocycles. The number of anilines is 1. The van der Waals surface area contributed by atoms with Crippen molar-refractivity contribution in [3.63, 3.8) is 0 Å². The molecule has 0 unspecified atom stereocenters. The Balaban J connectivity index is 1.64. The van der Waals surface area contributed by atoms with E-state index >= 15 is 0 Å². The third-order valence-corrected chi connectivity index (χ3v) is 5.43. The molecule has 2 aromatic heterocycles. The van der Waals surface area contributed by atoms with Gasteiger partial charge >= 0.3 is 0 Å². The lowest BCUT2D eigenvalue weighted by Gasteiger charge is -2.27. The minimum Gasteiger partial charge on any atom is -0.362 e. The van der Waals surface area contributed by atoms with Crippen LogP contribution in [0.5, 0.6) is 0 Å². The van der Waals surface area contributed by atoms with Crippen LogP contribution in [0.3, 0.4) is 0 Å². The zero-order valence-corrected chi connectivity index (χ0v) is 17.2. The number of hydrogen-bond acceptors (Lipinski definition) is 3. The molecule has 1 aliphatic heterocycles. The predicted octanol–water partition coefficient (Wildman–Crippen LogP) is 3.64. The minimum atomic E-state index is -0.137. The summed E-state index contributed by atoms with van der Waals surface area (Å²) in [6, 6.07) is 17.1. The smallest absolute Gasteiger partial charge is 0.244 e. The largest absolute Gasteiger partial charge is 0.362 e. The summed E-state index contributed by atoms with van der Waals surface area (Å²) in [6.07, 6.45) is 1.77. The number of thiocarbonyl (C=S) groups is 1. The zero-order valence-electron chi connectivity index (χ0n) is 16.3. The third kappa shape index (κ3) is 4.00. The lowest BCUT2D eigenvalue weighted by atomic mass is 9.97. The number of carbonyl (C=O) groups excluding carboxylic acids is 1. The molecule has 0 spiro atoms. The monoisotopic (exact) mass is 405 g/mol. The molecule has 0 radical (unpaired) electrons. The summed E-state index contributed by atoms with van der Waals surface area (Å²) in [7, 11) is 0. The van der Waals surface area contributed by atoms with Crippen molar-refractivity contribution in [3.8, 4) is 0 Å². The van der Waals surface area contributed by atoms with Crippen LogP contribution in [0.25, 0.3) is 0 Å². The summed E-state index contributed by atoms with van der Waals surface area (Å²) in [5.41, 5.74) is 4.90. The molecule has 2 atom stereocenters. The van der Waals surface area contributed by atoms with Gasteiger partial charge in [-0.25, -0.2) is 0 Å². The number of rotatable bonds is 5. The van der Waals surface area contributed by atoms with Gasteiger partial charge in [0.25, 0.3) is 0 Å². The van der Waals surface area contributed by atoms with E-state index in [1.807, 2.05) is 67.3 Å². The number of pyridine rings is 1. The fourth-order valence-electron chi connectivity index (χ4n) is 3.84. The van der Waals surface area contributed by atoms with Gasteiger partial charge in [0.15, 0.2) is 5.11 Å². The number of H-pyrrole nitrogens is 1. The molecule has 6 nitrogen and oxygen atoms in total. The molecule has 7 heteroatoms. The van der Waals surface area contributed by atoms with Crippen LogP contribution in [0.2, 0.25) is 0 Å². The highest BCUT2D eigenvalue weighted by Gasteiger charge is 2.41. The predicted molar refractivity (Wildman–Crippen MR) is 117 cm³/mol. The fraction of sp³-hybridized carbons (Fsp3) is 0.227. The zero-order chi connectivity index (χ0) is 20.4. The van der Waals surface area contributed by atoms with E-state index in [0.717, 1.165) is 28.3 Å². The Kier molecular flexibility index (Phi) is 5.31. The third-order valence-electron chi connectivity index (χ3n) is 5.08. The van der Waals surface area contributed by atoms with E-state index in [-0.39, 0.29) is 24.5 Å². The second kappa shape index (κ2) is 8.05. The van der Waals surface area contributed by atoms with Crippen LogP contribution in [-0.4, -0.2) is 32.4 Å². The molecule has 1 aliphatic rings. The number of aromatic nitrogens is 2. The Morgan fingerprint density at radius 2 is 1.93 bits per heavy atom. The lowest BCUT2D eigenvalue weighted by Crippen LogP contribution is -2.37. The molecule has 3 N–H and O–H groups in total. The van der Waals surface area contributed by atoms with E-state index in [9.17, 15) is 4.79 Å². The SMILES string of the molecule is Cc1cc([C@H]2[C@H](c3ccccn3)NC(=S)N2CC(=O)Nc2ccccc2)c(C)[nH]1. The number of nitrogens with one attached hydrogen (secondary N) is 3. The standard InChI is InChI=1S/C22H23N5OS/c1-14-12-17(15(2)24-14)21-20(18-10-6-7-11-23-18)26-22(29)27(21)13-19(28)25-16-8-4-3-5-9-16/h3-12,20-21,24H,13H2,1-2H3,(H,25,28)(H,26,29)/t20-,21-/m0/s1. The van der Waals surface area contributed by atoms with Crippen molar-refractivity contribution < 1.29 is 4.79 Å². The Morgan fingerprint density at radius 1 is 1.17 bits per heavy atom. The summed E-state index contributed by atoms with van der Waals surface area (Å²) in [5, 5.41) is 6.87. The van der Waals surface area contributed by atoms with Crippen molar-refractivity contribution in [2.45, 2.75) is 25.9 Å². The number of para-hydroxylation sites is 1. The summed E-state index contributed by atoms with van der Waals surface area (Å²) in [5.74, 6) is -0.114. The van der Waals surface area contributed by atoms with E-state index in [2.05, 4.69) is 26.7 Å². The number of carbonyl (C=O) groups is 1. The van der Waals surface area contributed by atoms with Crippen LogP contribution in [-0.2, 0) is 4.79 Å². The first kappa shape index (κ1) is 19.1. The average molecular weight is 406 g/mol. The van der Waals surface area contributed by atoms with Gasteiger partial charge in [-0.05, 0) is 62.0 Å². The molecule has 1 saturated heterocycles. The Bertz CT molecular complexity index is 1020. The van der Waals surface area contributed by atoms with Gasteiger partial charge in [-0.1, -0.05) is 24.3 Å². The summed E-state index contributed by atoms with van der Waals surface area (Å²) in [4.78, 5) is 22.6. The van der Waals surface area contributed by atoms with Gasteiger partial charge < -0.3 is 20.5 Å². The van der Waals surface area contributed by atoms with Gasteiger partial charge in [-0.15, -0.1) is 0 Å². The van der Waals surface area contributed by atoms with Crippen molar-refractivity contribution in [2.75, 3.05) is 11.9 Å². The Hall–Kier alpha value is -3.19. The van der Waals surface area contributed by atoms with Gasteiger partial charge in [0.2, 0.25) is 5.91 Å². The summed E-state index contributed by atoms with van der Waals surface area (Å²) < 4.78 is 0. The van der Waals surface area contributed by atoms with Crippen molar-refractivity contribution >= 4 is 28.9 Å². The van der Waals surface area contributed by atoms with Crippen LogP contribution in [0.1, 0.15) is 34.7 Å². The maximum atomic E-state index is 12.8. The lowest BCUT2D eigenvalue weighted by molar-refractivity contribution is -0.116. The van der Waals surface area contributed by atoms with E-state index in [4.69, 9.17) is 12.2 Å². The number of aryl methyl sites for hydroxylation is 2. The highest BCUT2D eigenvalue weighted by molar-refractivity contribution is 7.80. The second-order valence-electron chi connectivity index (χ2n) is 7.20. The molecule has 0 saturated carbocycles. The minimum absolute atomic E-state index is 0.114. The number of benzene rings is 1. The number of amides is 1. The van der Waals surface area contributed by atoms with Gasteiger partial charge in [0, 0.05) is 23.3 Å². The Labute approximate surface area is 175 Å². The molecule has 1 amide bonds. The van der Waals surface area contributed by atoms with Crippen LogP contribution < -0.4 is 10.6 Å². The molecular weight excluding hydrogens is 382 g/mol. The van der Waals surface area contributed by atoms with Crippen LogP contribution >= 0.6 is 12.2 Å². The topological polar surface area (TPSA) is 73.1 Å². The quantitative estimate of drug-likeness (QED) is 0.565. The van der Waals surface area contributed by atoms with Gasteiger partial charge in [0.05, 0.1) is 17.8 Å². The summed E-state index contributed by atoms with van der Waals surface area (Å²) >= 11 is 5.62. The van der Waals surface area contributed by atoms with E-state index in [1.54, 1.807) is 6.20 Å². The number of aromatic amines is 1. The normalized spacial score (nSPS) is 18.6. The highest BCUT2D eigenvalue weighted by atomic mass is 32.1. The average Bonchev–Trinajstić information content (AvgIpc) is 3.21. The van der Waals surface area contributed by atoms with Gasteiger partial charge in [0.1, 0.15) is 6.54 Å². The molecule has 0 bridgehead atoms. The van der Waals surface area contributed by atoms with Crippen LogP contribution in [0, 0.1) is 13.8 Å². The second-order valence-corrected chi connectivity index (χ2v) is 7.59. The first-order chi connectivity index (χ1) is 14.0.